The molecule has 1 atom stereocenters. The van der Waals surface area contributed by atoms with Gasteiger partial charge < -0.3 is 15.4 Å². The lowest BCUT2D eigenvalue weighted by Gasteiger charge is -2.11. The first kappa shape index (κ1) is 10.0. The van der Waals surface area contributed by atoms with E-state index in [1.807, 2.05) is 0 Å². The molecule has 1 aliphatic rings. The molecular formula is C10H13IN2O. The molecule has 0 spiro atoms. The third-order valence-corrected chi connectivity index (χ3v) is 3.03. The van der Waals surface area contributed by atoms with Crippen LogP contribution in [-0.4, -0.2) is 26.3 Å². The van der Waals surface area contributed by atoms with E-state index in [9.17, 15) is 0 Å². The predicted molar refractivity (Wildman–Crippen MR) is 66.9 cm³/mol. The van der Waals surface area contributed by atoms with Gasteiger partial charge in [-0.15, -0.1) is 0 Å². The Labute approximate surface area is 97.4 Å². The van der Waals surface area contributed by atoms with Crippen molar-refractivity contribution in [2.45, 2.75) is 6.10 Å². The summed E-state index contributed by atoms with van der Waals surface area (Å²) in [6.45, 7) is 1.72. The minimum atomic E-state index is 0.236. The van der Waals surface area contributed by atoms with E-state index in [-0.39, 0.29) is 6.10 Å². The molecule has 0 saturated carbocycles. The van der Waals surface area contributed by atoms with Crippen molar-refractivity contribution in [2.24, 2.45) is 0 Å². The van der Waals surface area contributed by atoms with Gasteiger partial charge in [-0.25, -0.2) is 0 Å². The zero-order chi connectivity index (χ0) is 9.97. The summed E-state index contributed by atoms with van der Waals surface area (Å²) < 4.78 is 6.55. The van der Waals surface area contributed by atoms with Gasteiger partial charge in [-0.2, -0.15) is 0 Å². The minimum Gasteiger partial charge on any atom is -0.381 e. The summed E-state index contributed by atoms with van der Waals surface area (Å²) in [6, 6.07) is 6.34. The molecule has 0 aliphatic carbocycles. The van der Waals surface area contributed by atoms with Crippen LogP contribution >= 0.6 is 22.6 Å². The van der Waals surface area contributed by atoms with Gasteiger partial charge in [0.15, 0.2) is 0 Å². The first-order chi connectivity index (χ1) is 6.79. The minimum absolute atomic E-state index is 0.236. The van der Waals surface area contributed by atoms with Gasteiger partial charge in [0, 0.05) is 23.8 Å². The van der Waals surface area contributed by atoms with Crippen molar-refractivity contribution in [3.8, 4) is 0 Å². The van der Waals surface area contributed by atoms with Gasteiger partial charge in [0.25, 0.3) is 0 Å². The first-order valence-corrected chi connectivity index (χ1v) is 5.67. The normalized spacial score (nSPS) is 20.3. The number of rotatable bonds is 1. The third kappa shape index (κ3) is 2.12. The maximum atomic E-state index is 5.31. The van der Waals surface area contributed by atoms with Gasteiger partial charge in [-0.1, -0.05) is 0 Å². The fourth-order valence-corrected chi connectivity index (χ4v) is 1.99. The van der Waals surface area contributed by atoms with Crippen molar-refractivity contribution in [3.63, 3.8) is 0 Å². The molecule has 1 aromatic rings. The van der Waals surface area contributed by atoms with Crippen LogP contribution in [0.4, 0.5) is 11.4 Å². The van der Waals surface area contributed by atoms with E-state index in [1.165, 1.54) is 3.57 Å². The Balaban J connectivity index is 2.21. The molecule has 1 aromatic carbocycles. The standard InChI is InChI=1S/C10H13IN2O/c1-14-8-5-12-9-3-2-7(11)4-10(9)13-6-8/h2-4,8,12-13H,5-6H2,1H3. The summed E-state index contributed by atoms with van der Waals surface area (Å²) >= 11 is 2.31. The lowest BCUT2D eigenvalue weighted by atomic mass is 10.2. The highest BCUT2D eigenvalue weighted by atomic mass is 127. The van der Waals surface area contributed by atoms with Gasteiger partial charge >= 0.3 is 0 Å². The molecule has 76 valence electrons. The van der Waals surface area contributed by atoms with Crippen LogP contribution < -0.4 is 10.6 Å². The van der Waals surface area contributed by atoms with Crippen molar-refractivity contribution in [2.75, 3.05) is 30.8 Å². The Morgan fingerprint density at radius 3 is 2.71 bits per heavy atom. The summed E-state index contributed by atoms with van der Waals surface area (Å²) in [5.74, 6) is 0. The van der Waals surface area contributed by atoms with Crippen molar-refractivity contribution in [1.29, 1.82) is 0 Å². The number of ether oxygens (including phenoxy) is 1. The molecule has 0 aromatic heterocycles. The molecule has 14 heavy (non-hydrogen) atoms. The summed E-state index contributed by atoms with van der Waals surface area (Å²) in [5.41, 5.74) is 2.32. The molecule has 2 rings (SSSR count). The number of halogens is 1. The Morgan fingerprint density at radius 2 is 2.00 bits per heavy atom. The molecule has 0 radical (unpaired) electrons. The van der Waals surface area contributed by atoms with Crippen LogP contribution in [0.5, 0.6) is 0 Å². The largest absolute Gasteiger partial charge is 0.381 e. The Kier molecular flexibility index (Phi) is 3.12. The topological polar surface area (TPSA) is 33.3 Å². The van der Waals surface area contributed by atoms with Crippen LogP contribution in [0, 0.1) is 3.57 Å². The van der Waals surface area contributed by atoms with Gasteiger partial charge in [-0.3, -0.25) is 0 Å². The Morgan fingerprint density at radius 1 is 1.29 bits per heavy atom. The summed E-state index contributed by atoms with van der Waals surface area (Å²) in [5, 5.41) is 6.74. The fraction of sp³-hybridized carbons (Fsp3) is 0.400. The van der Waals surface area contributed by atoms with E-state index >= 15 is 0 Å². The van der Waals surface area contributed by atoms with Crippen LogP contribution in [0.3, 0.4) is 0 Å². The second-order valence-electron chi connectivity index (χ2n) is 3.31. The zero-order valence-electron chi connectivity index (χ0n) is 8.01. The predicted octanol–water partition coefficient (Wildman–Crippen LogP) is 2.14. The molecule has 1 heterocycles. The van der Waals surface area contributed by atoms with Crippen LogP contribution in [0.1, 0.15) is 0 Å². The molecule has 0 amide bonds. The number of hydrogen-bond acceptors (Lipinski definition) is 3. The highest BCUT2D eigenvalue weighted by Crippen LogP contribution is 2.25. The number of methoxy groups -OCH3 is 1. The van der Waals surface area contributed by atoms with Gasteiger partial charge in [0.1, 0.15) is 0 Å². The third-order valence-electron chi connectivity index (χ3n) is 2.36. The molecule has 1 unspecified atom stereocenters. The number of fused-ring (bicyclic) bond motifs is 1. The fourth-order valence-electron chi connectivity index (χ4n) is 1.50. The van der Waals surface area contributed by atoms with Gasteiger partial charge in [-0.05, 0) is 40.8 Å². The van der Waals surface area contributed by atoms with Crippen LogP contribution in [0.25, 0.3) is 0 Å². The number of benzene rings is 1. The molecule has 1 aliphatic heterocycles. The van der Waals surface area contributed by atoms with Crippen molar-refractivity contribution < 1.29 is 4.74 Å². The quantitative estimate of drug-likeness (QED) is 0.780. The van der Waals surface area contributed by atoms with E-state index in [0.29, 0.717) is 0 Å². The molecule has 4 heteroatoms. The summed E-state index contributed by atoms with van der Waals surface area (Å²) in [4.78, 5) is 0. The molecule has 0 fully saturated rings. The second kappa shape index (κ2) is 4.35. The molecule has 2 N–H and O–H groups in total. The zero-order valence-corrected chi connectivity index (χ0v) is 10.2. The van der Waals surface area contributed by atoms with E-state index in [2.05, 4.69) is 51.4 Å². The smallest absolute Gasteiger partial charge is 0.0915 e. The van der Waals surface area contributed by atoms with Crippen molar-refractivity contribution in [3.05, 3.63) is 21.8 Å². The second-order valence-corrected chi connectivity index (χ2v) is 4.56. The Hall–Kier alpha value is -0.490. The maximum Gasteiger partial charge on any atom is 0.0915 e. The summed E-state index contributed by atoms with van der Waals surface area (Å²) in [7, 11) is 1.74. The lowest BCUT2D eigenvalue weighted by Crippen LogP contribution is -2.26. The monoisotopic (exact) mass is 304 g/mol. The van der Waals surface area contributed by atoms with Crippen LogP contribution in [-0.2, 0) is 4.74 Å². The van der Waals surface area contributed by atoms with Crippen LogP contribution in [0.15, 0.2) is 18.2 Å². The van der Waals surface area contributed by atoms with E-state index in [0.717, 1.165) is 24.5 Å². The first-order valence-electron chi connectivity index (χ1n) is 4.59. The molecule has 3 nitrogen and oxygen atoms in total. The van der Waals surface area contributed by atoms with Crippen molar-refractivity contribution >= 4 is 34.0 Å². The highest BCUT2D eigenvalue weighted by molar-refractivity contribution is 14.1. The number of nitrogens with one attached hydrogen (secondary N) is 2. The van der Waals surface area contributed by atoms with E-state index in [1.54, 1.807) is 7.11 Å². The SMILES string of the molecule is COC1CNc2ccc(I)cc2NC1. The lowest BCUT2D eigenvalue weighted by molar-refractivity contribution is 0.124. The number of hydrogen-bond donors (Lipinski definition) is 2. The van der Waals surface area contributed by atoms with E-state index < -0.39 is 0 Å². The van der Waals surface area contributed by atoms with Gasteiger partial charge in [0.2, 0.25) is 0 Å². The average Bonchev–Trinajstić information content (AvgIpc) is 2.39. The molecule has 0 saturated heterocycles. The van der Waals surface area contributed by atoms with Crippen LogP contribution in [0.2, 0.25) is 0 Å². The molecule has 0 bridgehead atoms. The maximum absolute atomic E-state index is 5.31. The number of anilines is 2. The van der Waals surface area contributed by atoms with Crippen molar-refractivity contribution in [1.82, 2.24) is 0 Å². The summed E-state index contributed by atoms with van der Waals surface area (Å²) in [6.07, 6.45) is 0.236. The average molecular weight is 304 g/mol. The highest BCUT2D eigenvalue weighted by Gasteiger charge is 2.13. The molecular weight excluding hydrogens is 291 g/mol. The van der Waals surface area contributed by atoms with E-state index in [4.69, 9.17) is 4.74 Å². The van der Waals surface area contributed by atoms with Gasteiger partial charge in [0.05, 0.1) is 17.5 Å². The Bertz CT molecular complexity index is 330.